The van der Waals surface area contributed by atoms with E-state index in [4.69, 9.17) is 0 Å². The van der Waals surface area contributed by atoms with Gasteiger partial charge in [0.05, 0.1) is 6.04 Å². The van der Waals surface area contributed by atoms with Crippen molar-refractivity contribution in [2.75, 3.05) is 6.54 Å². The molecule has 1 saturated heterocycles. The van der Waals surface area contributed by atoms with Crippen LogP contribution >= 0.6 is 0 Å². The number of carbonyl (C=O) groups is 1. The molecule has 1 amide bonds. The lowest BCUT2D eigenvalue weighted by Gasteiger charge is -2.17. The largest absolute Gasteiger partial charge is 0.352 e. The fourth-order valence-electron chi connectivity index (χ4n) is 3.04. The van der Waals surface area contributed by atoms with Crippen molar-refractivity contribution >= 4 is 5.91 Å². The molecule has 78 valence electrons. The van der Waals surface area contributed by atoms with E-state index >= 15 is 0 Å². The predicted molar refractivity (Wildman–Crippen MR) is 53.8 cm³/mol. The topological polar surface area (TPSA) is 41.1 Å². The molecule has 2 aliphatic carbocycles. The molecule has 0 radical (unpaired) electrons. The Morgan fingerprint density at radius 3 is 2.64 bits per heavy atom. The zero-order valence-corrected chi connectivity index (χ0v) is 8.46. The van der Waals surface area contributed by atoms with Crippen LogP contribution in [0.4, 0.5) is 0 Å². The Kier molecular flexibility index (Phi) is 2.01. The zero-order chi connectivity index (χ0) is 9.54. The maximum atomic E-state index is 11.7. The van der Waals surface area contributed by atoms with Gasteiger partial charge in [-0.3, -0.25) is 4.79 Å². The molecule has 0 aromatic rings. The molecule has 14 heavy (non-hydrogen) atoms. The molecule has 0 aromatic heterocycles. The van der Waals surface area contributed by atoms with Crippen LogP contribution in [0.15, 0.2) is 0 Å². The van der Waals surface area contributed by atoms with Crippen molar-refractivity contribution in [3.05, 3.63) is 0 Å². The molecule has 0 spiro atoms. The molecule has 1 heterocycles. The molecule has 3 rings (SSSR count). The average molecular weight is 194 g/mol. The third-order valence-corrected chi connectivity index (χ3v) is 3.97. The summed E-state index contributed by atoms with van der Waals surface area (Å²) in [6.07, 6.45) is 6.07. The maximum Gasteiger partial charge on any atom is 0.237 e. The maximum absolute atomic E-state index is 11.7. The predicted octanol–water partition coefficient (Wildman–Crippen LogP) is 0.653. The summed E-state index contributed by atoms with van der Waals surface area (Å²) in [5.74, 6) is 2.16. The lowest BCUT2D eigenvalue weighted by molar-refractivity contribution is -0.123. The van der Waals surface area contributed by atoms with Gasteiger partial charge in [-0.05, 0) is 50.5 Å². The molecular weight excluding hydrogens is 176 g/mol. The van der Waals surface area contributed by atoms with E-state index < -0.39 is 0 Å². The van der Waals surface area contributed by atoms with Gasteiger partial charge in [-0.2, -0.15) is 0 Å². The summed E-state index contributed by atoms with van der Waals surface area (Å²) >= 11 is 0. The Morgan fingerprint density at radius 1 is 1.21 bits per heavy atom. The van der Waals surface area contributed by atoms with Crippen LogP contribution in [-0.2, 0) is 4.79 Å². The summed E-state index contributed by atoms with van der Waals surface area (Å²) in [6.45, 7) is 1.01. The molecule has 2 unspecified atom stereocenters. The van der Waals surface area contributed by atoms with Gasteiger partial charge in [-0.1, -0.05) is 0 Å². The lowest BCUT2D eigenvalue weighted by Crippen LogP contribution is -2.44. The second kappa shape index (κ2) is 3.23. The van der Waals surface area contributed by atoms with E-state index in [-0.39, 0.29) is 11.9 Å². The Morgan fingerprint density at radius 2 is 2.00 bits per heavy atom. The first-order valence-corrected chi connectivity index (χ1v) is 5.86. The van der Waals surface area contributed by atoms with Gasteiger partial charge in [0.2, 0.25) is 5.91 Å². The van der Waals surface area contributed by atoms with Gasteiger partial charge in [0, 0.05) is 6.04 Å². The fraction of sp³-hybridized carbons (Fsp3) is 0.909. The van der Waals surface area contributed by atoms with E-state index in [0.29, 0.717) is 6.04 Å². The highest BCUT2D eigenvalue weighted by Crippen LogP contribution is 2.51. The second-order valence-electron chi connectivity index (χ2n) is 5.08. The van der Waals surface area contributed by atoms with E-state index in [9.17, 15) is 4.79 Å². The number of fused-ring (bicyclic) bond motifs is 1. The van der Waals surface area contributed by atoms with Crippen molar-refractivity contribution in [2.24, 2.45) is 11.8 Å². The fourth-order valence-corrected chi connectivity index (χ4v) is 3.04. The first-order valence-electron chi connectivity index (χ1n) is 5.86. The molecule has 2 N–H and O–H groups in total. The van der Waals surface area contributed by atoms with Gasteiger partial charge in [-0.25, -0.2) is 0 Å². The van der Waals surface area contributed by atoms with Crippen LogP contribution < -0.4 is 10.6 Å². The summed E-state index contributed by atoms with van der Waals surface area (Å²) in [6, 6.07) is 0.598. The van der Waals surface area contributed by atoms with Gasteiger partial charge < -0.3 is 10.6 Å². The van der Waals surface area contributed by atoms with Crippen LogP contribution in [0, 0.1) is 11.8 Å². The molecule has 0 aromatic carbocycles. The molecule has 2 saturated carbocycles. The highest BCUT2D eigenvalue weighted by Gasteiger charge is 2.46. The van der Waals surface area contributed by atoms with Crippen molar-refractivity contribution in [1.82, 2.24) is 10.6 Å². The molecule has 3 atom stereocenters. The smallest absolute Gasteiger partial charge is 0.237 e. The monoisotopic (exact) mass is 194 g/mol. The summed E-state index contributed by atoms with van der Waals surface area (Å²) in [5.41, 5.74) is 0. The summed E-state index contributed by atoms with van der Waals surface area (Å²) < 4.78 is 0. The number of carbonyl (C=O) groups excluding carboxylic acids is 1. The van der Waals surface area contributed by atoms with Crippen molar-refractivity contribution in [1.29, 1.82) is 0 Å². The van der Waals surface area contributed by atoms with Crippen LogP contribution in [0.2, 0.25) is 0 Å². The van der Waals surface area contributed by atoms with Crippen molar-refractivity contribution < 1.29 is 4.79 Å². The minimum absolute atomic E-state index is 0.104. The minimum atomic E-state index is 0.104. The molecule has 1 aliphatic heterocycles. The van der Waals surface area contributed by atoms with Crippen molar-refractivity contribution in [3.8, 4) is 0 Å². The van der Waals surface area contributed by atoms with E-state index in [2.05, 4.69) is 10.6 Å². The van der Waals surface area contributed by atoms with E-state index in [1.54, 1.807) is 0 Å². The normalized spacial score (nSPS) is 44.9. The number of rotatable bonds is 2. The number of hydrogen-bond acceptors (Lipinski definition) is 2. The van der Waals surface area contributed by atoms with Gasteiger partial charge in [0.25, 0.3) is 0 Å². The van der Waals surface area contributed by atoms with E-state index in [1.807, 2.05) is 0 Å². The molecule has 3 heteroatoms. The standard InChI is InChI=1S/C11H18N2O/c14-11(10-2-1-3-12-10)13-9-5-7-4-8(7)6-9/h7-10,12H,1-6H2,(H,13,14)/t7?,8?,9?,10-/m0/s1. The Bertz CT molecular complexity index is 238. The molecule has 3 nitrogen and oxygen atoms in total. The van der Waals surface area contributed by atoms with Crippen LogP contribution in [0.3, 0.4) is 0 Å². The van der Waals surface area contributed by atoms with Gasteiger partial charge in [-0.15, -0.1) is 0 Å². The third kappa shape index (κ3) is 1.54. The quantitative estimate of drug-likeness (QED) is 0.678. The van der Waals surface area contributed by atoms with Crippen LogP contribution in [0.5, 0.6) is 0 Å². The Labute approximate surface area is 84.6 Å². The second-order valence-corrected chi connectivity index (χ2v) is 5.08. The van der Waals surface area contributed by atoms with E-state index in [1.165, 1.54) is 19.3 Å². The summed E-state index contributed by atoms with van der Waals surface area (Å²) in [7, 11) is 0. The first-order chi connectivity index (χ1) is 6.83. The summed E-state index contributed by atoms with van der Waals surface area (Å²) in [5, 5.41) is 6.42. The minimum Gasteiger partial charge on any atom is -0.352 e. The van der Waals surface area contributed by atoms with Gasteiger partial charge in [0.1, 0.15) is 0 Å². The van der Waals surface area contributed by atoms with Crippen LogP contribution in [-0.4, -0.2) is 24.5 Å². The van der Waals surface area contributed by atoms with E-state index in [0.717, 1.165) is 31.2 Å². The Hall–Kier alpha value is -0.570. The third-order valence-electron chi connectivity index (χ3n) is 3.97. The average Bonchev–Trinajstić information content (AvgIpc) is 2.69. The van der Waals surface area contributed by atoms with Crippen LogP contribution in [0.1, 0.15) is 32.1 Å². The number of hydrogen-bond donors (Lipinski definition) is 2. The molecule has 3 aliphatic rings. The number of amides is 1. The highest BCUT2D eigenvalue weighted by molar-refractivity contribution is 5.82. The molecule has 0 bridgehead atoms. The van der Waals surface area contributed by atoms with Crippen molar-refractivity contribution in [3.63, 3.8) is 0 Å². The summed E-state index contributed by atoms with van der Waals surface area (Å²) in [4.78, 5) is 11.7. The number of nitrogens with one attached hydrogen (secondary N) is 2. The zero-order valence-electron chi connectivity index (χ0n) is 8.46. The Balaban J connectivity index is 1.49. The molecular formula is C11H18N2O. The van der Waals surface area contributed by atoms with Crippen LogP contribution in [0.25, 0.3) is 0 Å². The molecule has 3 fully saturated rings. The van der Waals surface area contributed by atoms with Crippen molar-refractivity contribution in [2.45, 2.75) is 44.2 Å². The lowest BCUT2D eigenvalue weighted by atomic mass is 10.1. The first kappa shape index (κ1) is 8.72. The van der Waals surface area contributed by atoms with Gasteiger partial charge in [0.15, 0.2) is 0 Å². The SMILES string of the molecule is O=C(NC1CC2CC2C1)[C@@H]1CCCN1. The highest BCUT2D eigenvalue weighted by atomic mass is 16.2. The van der Waals surface area contributed by atoms with Gasteiger partial charge >= 0.3 is 0 Å².